The lowest BCUT2D eigenvalue weighted by Gasteiger charge is -2.27. The SMILES string of the molecule is Cn1cc2c(c1C(=O)Nc1ccc(F)c(C(F)(F)F)c1)OC[C@H](C(C)(C)O)NS2(=O)=O. The number of nitrogens with one attached hydrogen (secondary N) is 2. The first-order chi connectivity index (χ1) is 14.1. The van der Waals surface area contributed by atoms with E-state index in [4.69, 9.17) is 4.74 Å². The highest BCUT2D eigenvalue weighted by Crippen LogP contribution is 2.35. The Labute approximate surface area is 174 Å². The third kappa shape index (κ3) is 4.52. The second-order valence-electron chi connectivity index (χ2n) is 7.57. The molecule has 0 saturated heterocycles. The Kier molecular flexibility index (Phi) is 5.57. The number of hydrogen-bond donors (Lipinski definition) is 3. The Balaban J connectivity index is 1.98. The zero-order chi connectivity index (χ0) is 23.4. The summed E-state index contributed by atoms with van der Waals surface area (Å²) in [6.07, 6.45) is -3.87. The number of fused-ring (bicyclic) bond motifs is 1. The summed E-state index contributed by atoms with van der Waals surface area (Å²) in [7, 11) is -2.84. The Morgan fingerprint density at radius 1 is 1.32 bits per heavy atom. The van der Waals surface area contributed by atoms with Crippen LogP contribution in [0.3, 0.4) is 0 Å². The molecule has 31 heavy (non-hydrogen) atoms. The summed E-state index contributed by atoms with van der Waals surface area (Å²) in [5.74, 6) is -2.80. The second kappa shape index (κ2) is 7.50. The molecule has 170 valence electrons. The number of benzene rings is 1. The number of halogens is 4. The summed E-state index contributed by atoms with van der Waals surface area (Å²) in [4.78, 5) is 12.4. The van der Waals surface area contributed by atoms with E-state index in [1.165, 1.54) is 20.9 Å². The summed E-state index contributed by atoms with van der Waals surface area (Å²) in [6, 6.07) is 0.895. The summed E-state index contributed by atoms with van der Waals surface area (Å²) in [6.45, 7) is 2.44. The van der Waals surface area contributed by atoms with Gasteiger partial charge in [0.25, 0.3) is 5.91 Å². The Morgan fingerprint density at radius 3 is 2.55 bits per heavy atom. The predicted molar refractivity (Wildman–Crippen MR) is 101 cm³/mol. The average Bonchev–Trinajstić information content (AvgIpc) is 2.89. The van der Waals surface area contributed by atoms with Crippen molar-refractivity contribution in [3.8, 4) is 5.75 Å². The van der Waals surface area contributed by atoms with Crippen molar-refractivity contribution in [1.82, 2.24) is 9.29 Å². The topological polar surface area (TPSA) is 110 Å². The standard InChI is InChI=1S/C18H19F4N3O5S/c1-17(2,27)13-8-30-15-12(31(28,29)24-13)7-25(3)14(15)16(26)23-9-4-5-11(19)10(6-9)18(20,21)22/h4-7,13,24,27H,8H2,1-3H3,(H,23,26)/t13-/m1/s1. The quantitative estimate of drug-likeness (QED) is 0.603. The third-order valence-corrected chi connectivity index (χ3v) is 6.15. The Bertz CT molecular complexity index is 1140. The number of aryl methyl sites for hydroxylation is 1. The van der Waals surface area contributed by atoms with Gasteiger partial charge in [-0.2, -0.15) is 13.2 Å². The van der Waals surface area contributed by atoms with Crippen LogP contribution in [0.4, 0.5) is 23.2 Å². The van der Waals surface area contributed by atoms with E-state index in [2.05, 4.69) is 10.0 Å². The third-order valence-electron chi connectivity index (χ3n) is 4.68. The predicted octanol–water partition coefficient (Wildman–Crippen LogP) is 2.25. The van der Waals surface area contributed by atoms with Crippen LogP contribution in [0.15, 0.2) is 29.3 Å². The van der Waals surface area contributed by atoms with E-state index in [-0.39, 0.29) is 28.6 Å². The lowest BCUT2D eigenvalue weighted by molar-refractivity contribution is -0.139. The van der Waals surface area contributed by atoms with Gasteiger partial charge in [-0.25, -0.2) is 17.5 Å². The molecule has 8 nitrogen and oxygen atoms in total. The fourth-order valence-corrected chi connectivity index (χ4v) is 4.53. The normalized spacial score (nSPS) is 18.6. The van der Waals surface area contributed by atoms with Crippen molar-refractivity contribution >= 4 is 21.6 Å². The van der Waals surface area contributed by atoms with Crippen molar-refractivity contribution in [2.75, 3.05) is 11.9 Å². The van der Waals surface area contributed by atoms with E-state index in [9.17, 15) is 35.9 Å². The smallest absolute Gasteiger partial charge is 0.419 e. The van der Waals surface area contributed by atoms with Crippen LogP contribution in [-0.4, -0.2) is 42.2 Å². The number of anilines is 1. The van der Waals surface area contributed by atoms with Crippen molar-refractivity contribution in [3.63, 3.8) is 0 Å². The molecule has 0 saturated carbocycles. The maximum absolute atomic E-state index is 13.5. The number of nitrogens with zero attached hydrogens (tertiary/aromatic N) is 1. The number of carbonyl (C=O) groups is 1. The van der Waals surface area contributed by atoms with Crippen molar-refractivity contribution in [3.05, 3.63) is 41.5 Å². The van der Waals surface area contributed by atoms with Crippen LogP contribution in [0.2, 0.25) is 0 Å². The molecule has 0 radical (unpaired) electrons. The maximum Gasteiger partial charge on any atom is 0.419 e. The zero-order valence-electron chi connectivity index (χ0n) is 16.5. The van der Waals surface area contributed by atoms with Gasteiger partial charge in [-0.1, -0.05) is 0 Å². The highest BCUT2D eigenvalue weighted by atomic mass is 32.2. The van der Waals surface area contributed by atoms with Crippen molar-refractivity contribution in [1.29, 1.82) is 0 Å². The number of rotatable bonds is 3. The number of amides is 1. The Hall–Kier alpha value is -2.64. The van der Waals surface area contributed by atoms with E-state index in [1.807, 2.05) is 0 Å². The molecule has 1 aliphatic heterocycles. The van der Waals surface area contributed by atoms with Crippen LogP contribution in [0.5, 0.6) is 5.75 Å². The molecule has 0 spiro atoms. The van der Waals surface area contributed by atoms with Crippen LogP contribution in [0, 0.1) is 5.82 Å². The number of sulfonamides is 1. The van der Waals surface area contributed by atoms with Crippen LogP contribution in [0.25, 0.3) is 0 Å². The number of alkyl halides is 3. The van der Waals surface area contributed by atoms with Crippen LogP contribution >= 0.6 is 0 Å². The van der Waals surface area contributed by atoms with E-state index in [0.717, 1.165) is 16.8 Å². The molecule has 0 bridgehead atoms. The highest BCUT2D eigenvalue weighted by molar-refractivity contribution is 7.89. The van der Waals surface area contributed by atoms with Crippen LogP contribution in [0.1, 0.15) is 29.9 Å². The summed E-state index contributed by atoms with van der Waals surface area (Å²) < 4.78 is 86.5. The molecular weight excluding hydrogens is 446 g/mol. The average molecular weight is 465 g/mol. The molecule has 0 aliphatic carbocycles. The minimum absolute atomic E-state index is 0.283. The lowest BCUT2D eigenvalue weighted by Crippen LogP contribution is -2.51. The first kappa shape index (κ1) is 23.0. The van der Waals surface area contributed by atoms with E-state index in [1.54, 1.807) is 0 Å². The first-order valence-corrected chi connectivity index (χ1v) is 10.3. The monoisotopic (exact) mass is 465 g/mol. The zero-order valence-corrected chi connectivity index (χ0v) is 17.4. The first-order valence-electron chi connectivity index (χ1n) is 8.86. The largest absolute Gasteiger partial charge is 0.488 e. The Morgan fingerprint density at radius 2 is 1.97 bits per heavy atom. The fraction of sp³-hybridized carbons (Fsp3) is 0.389. The van der Waals surface area contributed by atoms with Crippen molar-refractivity contribution < 1.29 is 40.6 Å². The van der Waals surface area contributed by atoms with Gasteiger partial charge in [0.1, 0.15) is 17.3 Å². The molecule has 0 fully saturated rings. The lowest BCUT2D eigenvalue weighted by atomic mass is 10.0. The minimum atomic E-state index is -4.97. The molecule has 1 aliphatic rings. The molecule has 1 aromatic heterocycles. The maximum atomic E-state index is 13.5. The van der Waals surface area contributed by atoms with Crippen molar-refractivity contribution in [2.45, 2.75) is 36.6 Å². The molecule has 0 unspecified atom stereocenters. The van der Waals surface area contributed by atoms with Crippen molar-refractivity contribution in [2.24, 2.45) is 7.05 Å². The summed E-state index contributed by atoms with van der Waals surface area (Å²) in [5.41, 5.74) is -3.68. The molecule has 1 aromatic carbocycles. The van der Waals surface area contributed by atoms with Crippen LogP contribution < -0.4 is 14.8 Å². The van der Waals surface area contributed by atoms with Gasteiger partial charge in [0.2, 0.25) is 10.0 Å². The summed E-state index contributed by atoms with van der Waals surface area (Å²) >= 11 is 0. The molecule has 3 rings (SSSR count). The molecule has 2 heterocycles. The molecule has 2 aromatic rings. The number of carbonyl (C=O) groups excluding carboxylic acids is 1. The minimum Gasteiger partial charge on any atom is -0.488 e. The second-order valence-corrected chi connectivity index (χ2v) is 9.25. The molecule has 1 atom stereocenters. The number of aliphatic hydroxyl groups is 1. The van der Waals surface area contributed by atoms with Crippen LogP contribution in [-0.2, 0) is 23.2 Å². The van der Waals surface area contributed by atoms with Gasteiger partial charge in [0.05, 0.1) is 17.2 Å². The number of hydrogen-bond acceptors (Lipinski definition) is 5. The molecule has 3 N–H and O–H groups in total. The molecular formula is C18H19F4N3O5S. The van der Waals surface area contributed by atoms with Gasteiger partial charge in [0, 0.05) is 18.9 Å². The van der Waals surface area contributed by atoms with E-state index >= 15 is 0 Å². The van der Waals surface area contributed by atoms with Gasteiger partial charge >= 0.3 is 6.18 Å². The fourth-order valence-electron chi connectivity index (χ4n) is 2.98. The van der Waals surface area contributed by atoms with Gasteiger partial charge in [-0.3, -0.25) is 4.79 Å². The van der Waals surface area contributed by atoms with E-state index < -0.39 is 45.1 Å². The van der Waals surface area contributed by atoms with Gasteiger partial charge in [-0.15, -0.1) is 0 Å². The number of ether oxygens (including phenoxy) is 1. The molecule has 1 amide bonds. The summed E-state index contributed by atoms with van der Waals surface area (Å²) in [5, 5.41) is 12.3. The van der Waals surface area contributed by atoms with Gasteiger partial charge in [-0.05, 0) is 32.0 Å². The molecule has 13 heteroatoms. The highest BCUT2D eigenvalue weighted by Gasteiger charge is 2.39. The number of aromatic nitrogens is 1. The van der Waals surface area contributed by atoms with Gasteiger partial charge < -0.3 is 19.7 Å². The van der Waals surface area contributed by atoms with Gasteiger partial charge in [0.15, 0.2) is 11.4 Å². The van der Waals surface area contributed by atoms with E-state index in [0.29, 0.717) is 12.1 Å².